The van der Waals surface area contributed by atoms with Crippen molar-refractivity contribution in [3.63, 3.8) is 0 Å². The van der Waals surface area contributed by atoms with E-state index in [1.807, 2.05) is 0 Å². The Balaban J connectivity index is 2.31. The minimum atomic E-state index is 0.893. The number of hydrogen-bond donors (Lipinski definition) is 0. The molecule has 0 aromatic heterocycles. The topological polar surface area (TPSA) is 0 Å². The summed E-state index contributed by atoms with van der Waals surface area (Å²) >= 11 is 0. The molecule has 1 rings (SSSR count). The lowest BCUT2D eigenvalue weighted by Crippen LogP contribution is -2.24. The molecule has 0 nitrogen and oxygen atoms in total. The molecule has 0 aromatic carbocycles. The molecule has 1 saturated carbocycles. The first kappa shape index (κ1) is 13.1. The highest BCUT2D eigenvalue weighted by Crippen LogP contribution is 2.39. The van der Waals surface area contributed by atoms with Crippen molar-refractivity contribution >= 4 is 0 Å². The zero-order chi connectivity index (χ0) is 11.3. The highest BCUT2D eigenvalue weighted by atomic mass is 14.3. The van der Waals surface area contributed by atoms with Crippen molar-refractivity contribution < 1.29 is 0 Å². The third-order valence-electron chi connectivity index (χ3n) is 4.33. The SMILES string of the molecule is CCC(C)CC(CCC(C)C)C1CCC1. The van der Waals surface area contributed by atoms with Crippen LogP contribution in [0.5, 0.6) is 0 Å². The molecule has 0 bridgehead atoms. The van der Waals surface area contributed by atoms with Crippen LogP contribution in [0, 0.1) is 23.7 Å². The van der Waals surface area contributed by atoms with Crippen LogP contribution < -0.4 is 0 Å². The van der Waals surface area contributed by atoms with Gasteiger partial charge in [-0.2, -0.15) is 0 Å². The van der Waals surface area contributed by atoms with E-state index >= 15 is 0 Å². The smallest absolute Gasteiger partial charge is 0.0383 e. The Labute approximate surface area is 96.8 Å². The highest BCUT2D eigenvalue weighted by Gasteiger charge is 2.27. The fraction of sp³-hybridized carbons (Fsp3) is 1.00. The van der Waals surface area contributed by atoms with Gasteiger partial charge in [0.2, 0.25) is 0 Å². The van der Waals surface area contributed by atoms with Crippen LogP contribution in [-0.4, -0.2) is 0 Å². The van der Waals surface area contributed by atoms with Crippen molar-refractivity contribution in [1.29, 1.82) is 0 Å². The van der Waals surface area contributed by atoms with Gasteiger partial charge in [0.1, 0.15) is 0 Å². The summed E-state index contributed by atoms with van der Waals surface area (Å²) < 4.78 is 0. The summed E-state index contributed by atoms with van der Waals surface area (Å²) in [7, 11) is 0. The molecule has 15 heavy (non-hydrogen) atoms. The number of hydrogen-bond acceptors (Lipinski definition) is 0. The summed E-state index contributed by atoms with van der Waals surface area (Å²) in [6.45, 7) is 9.49. The lowest BCUT2D eigenvalue weighted by atomic mass is 9.70. The van der Waals surface area contributed by atoms with Crippen LogP contribution in [0.25, 0.3) is 0 Å². The second kappa shape index (κ2) is 6.55. The molecule has 90 valence electrons. The van der Waals surface area contributed by atoms with Gasteiger partial charge in [0.05, 0.1) is 0 Å². The third-order valence-corrected chi connectivity index (χ3v) is 4.33. The van der Waals surface area contributed by atoms with Gasteiger partial charge < -0.3 is 0 Å². The monoisotopic (exact) mass is 210 g/mol. The quantitative estimate of drug-likeness (QED) is 0.536. The first-order valence-electron chi connectivity index (χ1n) is 7.13. The van der Waals surface area contributed by atoms with Crippen LogP contribution >= 0.6 is 0 Å². The molecule has 0 radical (unpaired) electrons. The van der Waals surface area contributed by atoms with E-state index < -0.39 is 0 Å². The summed E-state index contributed by atoms with van der Waals surface area (Å²) in [4.78, 5) is 0. The molecule has 0 heterocycles. The molecule has 1 aliphatic rings. The van der Waals surface area contributed by atoms with E-state index in [0.717, 1.165) is 23.7 Å². The molecular formula is C15H30. The second-order valence-corrected chi connectivity index (χ2v) is 6.17. The van der Waals surface area contributed by atoms with Crippen LogP contribution in [0.4, 0.5) is 0 Å². The van der Waals surface area contributed by atoms with Gasteiger partial charge >= 0.3 is 0 Å². The highest BCUT2D eigenvalue weighted by molar-refractivity contribution is 4.79. The summed E-state index contributed by atoms with van der Waals surface area (Å²) in [6, 6.07) is 0. The van der Waals surface area contributed by atoms with Crippen LogP contribution in [0.15, 0.2) is 0 Å². The molecule has 0 aliphatic heterocycles. The minimum absolute atomic E-state index is 0.893. The summed E-state index contributed by atoms with van der Waals surface area (Å²) in [5.74, 6) is 3.99. The molecular weight excluding hydrogens is 180 g/mol. The van der Waals surface area contributed by atoms with Crippen LogP contribution in [0.2, 0.25) is 0 Å². The van der Waals surface area contributed by atoms with E-state index in [2.05, 4.69) is 27.7 Å². The maximum atomic E-state index is 2.43. The Morgan fingerprint density at radius 3 is 2.13 bits per heavy atom. The fourth-order valence-corrected chi connectivity index (χ4v) is 2.69. The molecule has 0 spiro atoms. The zero-order valence-corrected chi connectivity index (χ0v) is 11.3. The molecule has 0 amide bonds. The average Bonchev–Trinajstić information content (AvgIpc) is 2.10. The van der Waals surface area contributed by atoms with Gasteiger partial charge in [-0.05, 0) is 36.5 Å². The van der Waals surface area contributed by atoms with E-state index in [4.69, 9.17) is 0 Å². The minimum Gasteiger partial charge on any atom is -0.0651 e. The van der Waals surface area contributed by atoms with Crippen molar-refractivity contribution in [2.75, 3.05) is 0 Å². The second-order valence-electron chi connectivity index (χ2n) is 6.17. The lowest BCUT2D eigenvalue weighted by molar-refractivity contribution is 0.159. The van der Waals surface area contributed by atoms with Crippen LogP contribution in [-0.2, 0) is 0 Å². The lowest BCUT2D eigenvalue weighted by Gasteiger charge is -2.35. The predicted octanol–water partition coefficient (Wildman–Crippen LogP) is 5.28. The molecule has 0 aromatic rings. The van der Waals surface area contributed by atoms with Crippen molar-refractivity contribution in [1.82, 2.24) is 0 Å². The number of rotatable bonds is 7. The summed E-state index contributed by atoms with van der Waals surface area (Å²) in [5.41, 5.74) is 0. The fourth-order valence-electron chi connectivity index (χ4n) is 2.69. The van der Waals surface area contributed by atoms with Gasteiger partial charge in [0, 0.05) is 0 Å². The molecule has 0 saturated heterocycles. The van der Waals surface area contributed by atoms with Gasteiger partial charge in [-0.1, -0.05) is 59.8 Å². The first-order valence-corrected chi connectivity index (χ1v) is 7.13. The Kier molecular flexibility index (Phi) is 5.71. The summed E-state index contributed by atoms with van der Waals surface area (Å²) in [6.07, 6.45) is 10.4. The van der Waals surface area contributed by atoms with Crippen LogP contribution in [0.3, 0.4) is 0 Å². The maximum Gasteiger partial charge on any atom is -0.0383 e. The summed E-state index contributed by atoms with van der Waals surface area (Å²) in [5, 5.41) is 0. The van der Waals surface area contributed by atoms with Crippen LogP contribution in [0.1, 0.15) is 72.6 Å². The maximum absolute atomic E-state index is 2.43. The molecule has 0 N–H and O–H groups in total. The van der Waals surface area contributed by atoms with E-state index in [0.29, 0.717) is 0 Å². The van der Waals surface area contributed by atoms with E-state index in [-0.39, 0.29) is 0 Å². The van der Waals surface area contributed by atoms with Gasteiger partial charge in [0.15, 0.2) is 0 Å². The normalized spacial score (nSPS) is 21.4. The standard InChI is InChI=1S/C15H30/c1-5-13(4)11-15(10-9-12(2)3)14-7-6-8-14/h12-15H,5-11H2,1-4H3. The van der Waals surface area contributed by atoms with Gasteiger partial charge in [-0.25, -0.2) is 0 Å². The Hall–Kier alpha value is 0. The van der Waals surface area contributed by atoms with E-state index in [1.165, 1.54) is 44.9 Å². The van der Waals surface area contributed by atoms with Crippen molar-refractivity contribution in [2.24, 2.45) is 23.7 Å². The Morgan fingerprint density at radius 1 is 1.07 bits per heavy atom. The Bertz CT molecular complexity index is 155. The zero-order valence-electron chi connectivity index (χ0n) is 11.3. The molecule has 1 aliphatic carbocycles. The van der Waals surface area contributed by atoms with Gasteiger partial charge in [-0.3, -0.25) is 0 Å². The first-order chi connectivity index (χ1) is 7.13. The molecule has 1 fully saturated rings. The molecule has 2 unspecified atom stereocenters. The average molecular weight is 210 g/mol. The van der Waals surface area contributed by atoms with Crippen molar-refractivity contribution in [3.05, 3.63) is 0 Å². The predicted molar refractivity (Wildman–Crippen MR) is 69.0 cm³/mol. The molecule has 2 atom stereocenters. The van der Waals surface area contributed by atoms with Crippen molar-refractivity contribution in [2.45, 2.75) is 72.6 Å². The Morgan fingerprint density at radius 2 is 1.73 bits per heavy atom. The van der Waals surface area contributed by atoms with E-state index in [1.54, 1.807) is 0 Å². The van der Waals surface area contributed by atoms with Gasteiger partial charge in [0.25, 0.3) is 0 Å². The van der Waals surface area contributed by atoms with Crippen molar-refractivity contribution in [3.8, 4) is 0 Å². The van der Waals surface area contributed by atoms with Gasteiger partial charge in [-0.15, -0.1) is 0 Å². The molecule has 0 heteroatoms. The third kappa shape index (κ3) is 4.57. The van der Waals surface area contributed by atoms with E-state index in [9.17, 15) is 0 Å². The largest absolute Gasteiger partial charge is 0.0651 e.